The molecule has 1 aromatic rings. The fraction of sp³-hybridized carbons (Fsp3) is 0.562. The molecule has 0 heterocycles. The molecule has 2 unspecified atom stereocenters. The molecule has 0 saturated carbocycles. The first kappa shape index (κ1) is 17.2. The summed E-state index contributed by atoms with van der Waals surface area (Å²) in [5, 5.41) is 9.30. The van der Waals surface area contributed by atoms with E-state index in [-0.39, 0.29) is 17.9 Å². The van der Waals surface area contributed by atoms with Crippen LogP contribution in [0.4, 0.5) is 0 Å². The van der Waals surface area contributed by atoms with Crippen molar-refractivity contribution in [3.63, 3.8) is 0 Å². The summed E-state index contributed by atoms with van der Waals surface area (Å²) in [7, 11) is 1.81. The van der Waals surface area contributed by atoms with Gasteiger partial charge < -0.3 is 10.0 Å². The molecule has 0 spiro atoms. The summed E-state index contributed by atoms with van der Waals surface area (Å²) in [6.07, 6.45) is 1.84. The van der Waals surface area contributed by atoms with Gasteiger partial charge >= 0.3 is 0 Å². The van der Waals surface area contributed by atoms with Crippen LogP contribution in [0.3, 0.4) is 0 Å². The van der Waals surface area contributed by atoms with Crippen molar-refractivity contribution in [3.8, 4) is 0 Å². The number of benzene rings is 1. The Morgan fingerprint density at radius 1 is 1.45 bits per heavy atom. The Balaban J connectivity index is 2.63. The summed E-state index contributed by atoms with van der Waals surface area (Å²) >= 11 is 3.46. The second-order valence-corrected chi connectivity index (χ2v) is 6.25. The van der Waals surface area contributed by atoms with Crippen LogP contribution in [-0.2, 0) is 11.2 Å². The van der Waals surface area contributed by atoms with Crippen molar-refractivity contribution in [1.82, 2.24) is 4.90 Å². The fourth-order valence-corrected chi connectivity index (χ4v) is 2.60. The van der Waals surface area contributed by atoms with Crippen LogP contribution in [-0.4, -0.2) is 35.6 Å². The lowest BCUT2D eigenvalue weighted by Crippen LogP contribution is -2.35. The summed E-state index contributed by atoms with van der Waals surface area (Å²) in [6.45, 7) is 4.39. The third-order valence-electron chi connectivity index (χ3n) is 3.47. The first-order valence-corrected chi connectivity index (χ1v) is 7.90. The van der Waals surface area contributed by atoms with E-state index in [0.29, 0.717) is 13.0 Å². The Kier molecular flexibility index (Phi) is 7.24. The minimum atomic E-state index is -0.365. The van der Waals surface area contributed by atoms with Crippen LogP contribution in [0.2, 0.25) is 0 Å². The van der Waals surface area contributed by atoms with Crippen LogP contribution in [0.1, 0.15) is 32.3 Å². The molecule has 3 nitrogen and oxygen atoms in total. The van der Waals surface area contributed by atoms with Crippen molar-refractivity contribution in [2.24, 2.45) is 5.92 Å². The summed E-state index contributed by atoms with van der Waals surface area (Å²) in [5.74, 6) is 0.163. The molecular formula is C16H24BrNO2. The Morgan fingerprint density at radius 2 is 2.15 bits per heavy atom. The predicted molar refractivity (Wildman–Crippen MR) is 85.6 cm³/mol. The van der Waals surface area contributed by atoms with E-state index in [1.807, 2.05) is 26.1 Å². The van der Waals surface area contributed by atoms with Gasteiger partial charge in [-0.3, -0.25) is 4.79 Å². The summed E-state index contributed by atoms with van der Waals surface area (Å²) in [5.41, 5.74) is 1.17. The molecule has 4 heteroatoms. The molecule has 1 amide bonds. The Morgan fingerprint density at radius 3 is 2.70 bits per heavy atom. The number of halogens is 1. The topological polar surface area (TPSA) is 40.5 Å². The van der Waals surface area contributed by atoms with E-state index in [2.05, 4.69) is 28.1 Å². The minimum Gasteiger partial charge on any atom is -0.393 e. The van der Waals surface area contributed by atoms with E-state index in [9.17, 15) is 9.90 Å². The number of aliphatic hydroxyl groups excluding tert-OH is 1. The average molecular weight is 342 g/mol. The Bertz CT molecular complexity index is 434. The van der Waals surface area contributed by atoms with Gasteiger partial charge in [-0.05, 0) is 43.9 Å². The van der Waals surface area contributed by atoms with Crippen molar-refractivity contribution < 1.29 is 9.90 Å². The first-order chi connectivity index (χ1) is 9.43. The number of carbonyl (C=O) groups is 1. The highest BCUT2D eigenvalue weighted by Crippen LogP contribution is 2.18. The van der Waals surface area contributed by atoms with Gasteiger partial charge in [0.25, 0.3) is 0 Å². The van der Waals surface area contributed by atoms with Gasteiger partial charge in [-0.2, -0.15) is 0 Å². The highest BCUT2D eigenvalue weighted by Gasteiger charge is 2.20. The maximum atomic E-state index is 12.4. The van der Waals surface area contributed by atoms with Crippen molar-refractivity contribution >= 4 is 21.8 Å². The second kappa shape index (κ2) is 8.42. The third-order valence-corrected chi connectivity index (χ3v) is 3.96. The van der Waals surface area contributed by atoms with Crippen LogP contribution < -0.4 is 0 Å². The van der Waals surface area contributed by atoms with Crippen molar-refractivity contribution in [2.45, 2.75) is 39.2 Å². The molecule has 0 fully saturated rings. The molecule has 1 N–H and O–H groups in total. The first-order valence-electron chi connectivity index (χ1n) is 7.11. The largest absolute Gasteiger partial charge is 0.393 e. The zero-order chi connectivity index (χ0) is 15.1. The van der Waals surface area contributed by atoms with Crippen LogP contribution in [0, 0.1) is 5.92 Å². The van der Waals surface area contributed by atoms with Gasteiger partial charge in [0.2, 0.25) is 5.91 Å². The van der Waals surface area contributed by atoms with Gasteiger partial charge in [0.05, 0.1) is 6.10 Å². The van der Waals surface area contributed by atoms with Gasteiger partial charge in [0.1, 0.15) is 0 Å². The van der Waals surface area contributed by atoms with E-state index < -0.39 is 0 Å². The normalized spacial score (nSPS) is 13.8. The quantitative estimate of drug-likeness (QED) is 0.826. The lowest BCUT2D eigenvalue weighted by atomic mass is 9.95. The SMILES string of the molecule is CCC(Cc1cccc(Br)c1)C(=O)N(C)CCC(C)O. The lowest BCUT2D eigenvalue weighted by molar-refractivity contribution is -0.134. The standard InChI is InChI=1S/C16H24BrNO2/c1-4-14(10-13-6-5-7-15(17)11-13)16(20)18(3)9-8-12(2)19/h5-7,11-12,14,19H,4,8-10H2,1-3H3. The minimum absolute atomic E-state index is 0.00305. The van der Waals surface area contributed by atoms with Crippen LogP contribution in [0.5, 0.6) is 0 Å². The van der Waals surface area contributed by atoms with Crippen molar-refractivity contribution in [3.05, 3.63) is 34.3 Å². The van der Waals surface area contributed by atoms with E-state index in [1.54, 1.807) is 11.8 Å². The number of amides is 1. The van der Waals surface area contributed by atoms with Gasteiger partial charge in [-0.1, -0.05) is 35.0 Å². The summed E-state index contributed by atoms with van der Waals surface area (Å²) < 4.78 is 1.04. The van der Waals surface area contributed by atoms with Crippen molar-refractivity contribution in [1.29, 1.82) is 0 Å². The predicted octanol–water partition coefficient (Wildman–Crippen LogP) is 3.25. The molecule has 0 aliphatic carbocycles. The number of aliphatic hydroxyl groups is 1. The monoisotopic (exact) mass is 341 g/mol. The molecule has 2 atom stereocenters. The Hall–Kier alpha value is -0.870. The molecule has 20 heavy (non-hydrogen) atoms. The number of rotatable bonds is 7. The summed E-state index contributed by atoms with van der Waals surface area (Å²) in [6, 6.07) is 8.09. The average Bonchev–Trinajstić information content (AvgIpc) is 2.41. The maximum absolute atomic E-state index is 12.4. The number of carbonyl (C=O) groups excluding carboxylic acids is 1. The molecule has 1 rings (SSSR count). The van der Waals surface area contributed by atoms with E-state index in [4.69, 9.17) is 0 Å². The Labute approximate surface area is 130 Å². The highest BCUT2D eigenvalue weighted by molar-refractivity contribution is 9.10. The molecule has 0 radical (unpaired) electrons. The lowest BCUT2D eigenvalue weighted by Gasteiger charge is -2.23. The fourth-order valence-electron chi connectivity index (χ4n) is 2.16. The molecule has 0 aliphatic heterocycles. The molecular weight excluding hydrogens is 318 g/mol. The van der Waals surface area contributed by atoms with Crippen molar-refractivity contribution in [2.75, 3.05) is 13.6 Å². The van der Waals surface area contributed by atoms with Crippen LogP contribution >= 0.6 is 15.9 Å². The molecule has 1 aromatic carbocycles. The zero-order valence-corrected chi connectivity index (χ0v) is 14.1. The van der Waals surface area contributed by atoms with Gasteiger partial charge in [0, 0.05) is 24.0 Å². The molecule has 0 bridgehead atoms. The number of hydrogen-bond acceptors (Lipinski definition) is 2. The van der Waals surface area contributed by atoms with Gasteiger partial charge in [-0.25, -0.2) is 0 Å². The third kappa shape index (κ3) is 5.63. The molecule has 0 aromatic heterocycles. The summed E-state index contributed by atoms with van der Waals surface area (Å²) in [4.78, 5) is 14.1. The van der Waals surface area contributed by atoms with E-state index in [1.165, 1.54) is 5.56 Å². The maximum Gasteiger partial charge on any atom is 0.225 e. The van der Waals surface area contributed by atoms with Crippen LogP contribution in [0.15, 0.2) is 28.7 Å². The molecule has 0 saturated heterocycles. The van der Waals surface area contributed by atoms with E-state index in [0.717, 1.165) is 17.3 Å². The highest BCUT2D eigenvalue weighted by atomic mass is 79.9. The molecule has 0 aliphatic rings. The smallest absolute Gasteiger partial charge is 0.225 e. The second-order valence-electron chi connectivity index (χ2n) is 5.34. The number of hydrogen-bond donors (Lipinski definition) is 1. The zero-order valence-electron chi connectivity index (χ0n) is 12.5. The number of nitrogens with zero attached hydrogens (tertiary/aromatic N) is 1. The van der Waals surface area contributed by atoms with Gasteiger partial charge in [0.15, 0.2) is 0 Å². The van der Waals surface area contributed by atoms with Crippen LogP contribution in [0.25, 0.3) is 0 Å². The van der Waals surface area contributed by atoms with E-state index >= 15 is 0 Å². The van der Waals surface area contributed by atoms with Gasteiger partial charge in [-0.15, -0.1) is 0 Å². The molecule has 112 valence electrons.